The second-order valence-corrected chi connectivity index (χ2v) is 7.57. The second kappa shape index (κ2) is 8.20. The Balaban J connectivity index is 2.29. The van der Waals surface area contributed by atoms with Gasteiger partial charge >= 0.3 is 7.82 Å². The van der Waals surface area contributed by atoms with Crippen LogP contribution in [0.4, 0.5) is 4.39 Å². The van der Waals surface area contributed by atoms with E-state index in [1.165, 1.54) is 0 Å². The number of aliphatic hydroxyl groups is 7. The summed E-state index contributed by atoms with van der Waals surface area (Å²) in [6.07, 6.45) is -18.8. The molecule has 0 saturated carbocycles. The number of phosphoric acid groups is 1. The molecule has 160 valence electrons. The third-order valence-corrected chi connectivity index (χ3v) is 4.96. The monoisotopic (exact) mass is 424 g/mol. The summed E-state index contributed by atoms with van der Waals surface area (Å²) < 4.78 is 39.4. The molecule has 15 heteroatoms. The molecule has 9 N–H and O–H groups in total. The molecule has 2 aliphatic heterocycles. The van der Waals surface area contributed by atoms with Crippen LogP contribution in [0.15, 0.2) is 0 Å². The highest BCUT2D eigenvalue weighted by atomic mass is 31.2. The zero-order valence-corrected chi connectivity index (χ0v) is 14.5. The van der Waals surface area contributed by atoms with E-state index in [4.69, 9.17) is 24.4 Å². The fourth-order valence-electron chi connectivity index (χ4n) is 2.99. The van der Waals surface area contributed by atoms with Gasteiger partial charge in [0.15, 0.2) is 6.17 Å². The van der Waals surface area contributed by atoms with Gasteiger partial charge in [0.25, 0.3) is 0 Å². The molecule has 0 radical (unpaired) electrons. The minimum atomic E-state index is -5.05. The Morgan fingerprint density at radius 1 is 0.963 bits per heavy atom. The zero-order chi connectivity index (χ0) is 20.7. The quantitative estimate of drug-likeness (QED) is 0.189. The van der Waals surface area contributed by atoms with E-state index in [0.29, 0.717) is 0 Å². The van der Waals surface area contributed by atoms with E-state index in [-0.39, 0.29) is 0 Å². The van der Waals surface area contributed by atoms with Crippen LogP contribution in [0.5, 0.6) is 0 Å². The summed E-state index contributed by atoms with van der Waals surface area (Å²) in [5.41, 5.74) is 0. The summed E-state index contributed by atoms with van der Waals surface area (Å²) in [6, 6.07) is 0. The van der Waals surface area contributed by atoms with E-state index in [9.17, 15) is 39.6 Å². The van der Waals surface area contributed by atoms with Crippen molar-refractivity contribution >= 4 is 7.82 Å². The van der Waals surface area contributed by atoms with Crippen LogP contribution in [-0.4, -0.2) is 120 Å². The van der Waals surface area contributed by atoms with Crippen LogP contribution in [0.2, 0.25) is 0 Å². The first-order valence-corrected chi connectivity index (χ1v) is 9.27. The molecule has 0 aromatic heterocycles. The van der Waals surface area contributed by atoms with Crippen molar-refractivity contribution in [3.8, 4) is 0 Å². The molecule has 2 saturated heterocycles. The highest BCUT2D eigenvalue weighted by Gasteiger charge is 2.63. The molecule has 0 spiro atoms. The third kappa shape index (κ3) is 4.48. The molecule has 27 heavy (non-hydrogen) atoms. The van der Waals surface area contributed by atoms with Gasteiger partial charge in [-0.2, -0.15) is 0 Å². The third-order valence-electron chi connectivity index (χ3n) is 4.47. The Hall–Kier alpha value is -0.320. The van der Waals surface area contributed by atoms with Crippen molar-refractivity contribution < 1.29 is 68.5 Å². The normalized spacial score (nSPS) is 49.2. The van der Waals surface area contributed by atoms with Crippen molar-refractivity contribution in [1.82, 2.24) is 0 Å². The van der Waals surface area contributed by atoms with E-state index < -0.39 is 81.8 Å². The second-order valence-electron chi connectivity index (χ2n) is 6.33. The summed E-state index contributed by atoms with van der Waals surface area (Å²) in [7, 11) is -5.05. The molecule has 2 rings (SSSR count). The maximum absolute atomic E-state index is 14.6. The molecule has 10 atom stereocenters. The van der Waals surface area contributed by atoms with Gasteiger partial charge in [-0.1, -0.05) is 0 Å². The maximum atomic E-state index is 14.6. The van der Waals surface area contributed by atoms with Gasteiger partial charge in [-0.15, -0.1) is 0 Å². The van der Waals surface area contributed by atoms with E-state index >= 15 is 0 Å². The van der Waals surface area contributed by atoms with Gasteiger partial charge in [-0.3, -0.25) is 4.52 Å². The van der Waals surface area contributed by atoms with Gasteiger partial charge in [0.1, 0.15) is 48.8 Å². The van der Waals surface area contributed by atoms with E-state index in [1.807, 2.05) is 0 Å². The van der Waals surface area contributed by atoms with Crippen molar-refractivity contribution in [2.45, 2.75) is 60.8 Å². The van der Waals surface area contributed by atoms with Crippen LogP contribution in [0.1, 0.15) is 0 Å². The van der Waals surface area contributed by atoms with Crippen LogP contribution < -0.4 is 0 Å². The molecule has 13 nitrogen and oxygen atoms in total. The Bertz CT molecular complexity index is 559. The molecule has 0 aromatic rings. The van der Waals surface area contributed by atoms with Crippen LogP contribution >= 0.6 is 7.82 Å². The molecule has 0 aromatic carbocycles. The fourth-order valence-corrected chi connectivity index (χ4v) is 3.33. The Morgan fingerprint density at radius 2 is 1.52 bits per heavy atom. The molecule has 2 fully saturated rings. The molecule has 0 aliphatic carbocycles. The highest BCUT2D eigenvalue weighted by Crippen LogP contribution is 2.41. The molecule has 2 aliphatic rings. The van der Waals surface area contributed by atoms with Gasteiger partial charge in [0.2, 0.25) is 5.79 Å². The zero-order valence-electron chi connectivity index (χ0n) is 13.6. The van der Waals surface area contributed by atoms with E-state index in [2.05, 4.69) is 4.52 Å². The summed E-state index contributed by atoms with van der Waals surface area (Å²) in [4.78, 5) is 17.4. The predicted molar refractivity (Wildman–Crippen MR) is 78.5 cm³/mol. The fraction of sp³-hybridized carbons (Fsp3) is 1.00. The average molecular weight is 424 g/mol. The standard InChI is InChI=1S/C12H22FO13P/c13-10-8(18)6(16)4(2-24-27(21,22)23)26-12(10,20)11-9(19)7(17)5(15)3(1-14)25-11/h3-11,14-20H,1-2H2,(H2,21,22,23)/t3-,4-,5-,6-,7+,8+,9-,10-,11+,12-/m1/s1. The molecule has 2 heterocycles. The molecular weight excluding hydrogens is 402 g/mol. The summed E-state index contributed by atoms with van der Waals surface area (Å²) in [6.45, 7) is -1.99. The largest absolute Gasteiger partial charge is 0.469 e. The highest BCUT2D eigenvalue weighted by molar-refractivity contribution is 7.46. The van der Waals surface area contributed by atoms with Gasteiger partial charge in [0, 0.05) is 0 Å². The van der Waals surface area contributed by atoms with Gasteiger partial charge in [-0.05, 0) is 0 Å². The lowest BCUT2D eigenvalue weighted by molar-refractivity contribution is -0.396. The maximum Gasteiger partial charge on any atom is 0.469 e. The Kier molecular flexibility index (Phi) is 6.97. The van der Waals surface area contributed by atoms with Crippen molar-refractivity contribution in [3.05, 3.63) is 0 Å². The lowest BCUT2D eigenvalue weighted by Gasteiger charge is -2.51. The number of alkyl halides is 1. The first kappa shape index (κ1) is 23.0. The number of ether oxygens (including phenoxy) is 2. The Labute approximate surface area is 151 Å². The van der Waals surface area contributed by atoms with Crippen molar-refractivity contribution in [1.29, 1.82) is 0 Å². The topological polar surface area (TPSA) is 227 Å². The summed E-state index contributed by atoms with van der Waals surface area (Å²) in [5, 5.41) is 68.9. The number of rotatable bonds is 5. The minimum absolute atomic E-state index is 0.898. The van der Waals surface area contributed by atoms with Crippen LogP contribution in [0.3, 0.4) is 0 Å². The van der Waals surface area contributed by atoms with Gasteiger partial charge in [0.05, 0.1) is 13.2 Å². The first-order valence-electron chi connectivity index (χ1n) is 7.74. The number of aliphatic hydroxyl groups excluding tert-OH is 6. The average Bonchev–Trinajstić information content (AvgIpc) is 2.59. The molecular formula is C12H22FO13P. The smallest absolute Gasteiger partial charge is 0.394 e. The number of halogens is 1. The Morgan fingerprint density at radius 3 is 2.04 bits per heavy atom. The lowest BCUT2D eigenvalue weighted by atomic mass is 9.84. The van der Waals surface area contributed by atoms with Crippen molar-refractivity contribution in [2.75, 3.05) is 13.2 Å². The number of hydrogen-bond acceptors (Lipinski definition) is 11. The van der Waals surface area contributed by atoms with Gasteiger partial charge in [-0.25, -0.2) is 8.96 Å². The SMILES string of the molecule is O=P(O)(O)OC[C@H]1O[C@@](O)([C@H]2O[C@H](CO)[C@@H](O)[C@H](O)[C@H]2O)[C@H](F)[C@@H](O)[C@@H]1O. The van der Waals surface area contributed by atoms with Crippen LogP contribution in [-0.2, 0) is 18.6 Å². The van der Waals surface area contributed by atoms with E-state index in [1.54, 1.807) is 0 Å². The number of hydrogen-bond donors (Lipinski definition) is 9. The molecule has 0 amide bonds. The van der Waals surface area contributed by atoms with Crippen molar-refractivity contribution in [3.63, 3.8) is 0 Å². The minimum Gasteiger partial charge on any atom is -0.394 e. The lowest BCUT2D eigenvalue weighted by Crippen LogP contribution is -2.74. The summed E-state index contributed by atoms with van der Waals surface area (Å²) in [5.74, 6) is -3.24. The van der Waals surface area contributed by atoms with Crippen LogP contribution in [0.25, 0.3) is 0 Å². The molecule has 0 bridgehead atoms. The first-order chi connectivity index (χ1) is 12.3. The molecule has 0 unspecified atom stereocenters. The van der Waals surface area contributed by atoms with Gasteiger partial charge < -0.3 is 55.0 Å². The van der Waals surface area contributed by atoms with E-state index in [0.717, 1.165) is 0 Å². The van der Waals surface area contributed by atoms with Crippen LogP contribution in [0, 0.1) is 0 Å². The number of phosphoric ester groups is 1. The van der Waals surface area contributed by atoms with Crippen molar-refractivity contribution in [2.24, 2.45) is 0 Å². The predicted octanol–water partition coefficient (Wildman–Crippen LogP) is -4.91. The summed E-state index contributed by atoms with van der Waals surface area (Å²) >= 11 is 0.